The fourth-order valence-electron chi connectivity index (χ4n) is 3.88. The molecule has 3 nitrogen and oxygen atoms in total. The zero-order chi connectivity index (χ0) is 17.8. The molecule has 132 valence electrons. The van der Waals surface area contributed by atoms with E-state index in [0.29, 0.717) is 12.0 Å². The highest BCUT2D eigenvalue weighted by molar-refractivity contribution is 5.71. The summed E-state index contributed by atoms with van der Waals surface area (Å²) < 4.78 is 0. The van der Waals surface area contributed by atoms with Crippen molar-refractivity contribution in [2.45, 2.75) is 59.4 Å². The van der Waals surface area contributed by atoms with Gasteiger partial charge < -0.3 is 11.1 Å². The van der Waals surface area contributed by atoms with Crippen molar-refractivity contribution in [3.8, 4) is 0 Å². The molecule has 1 aliphatic rings. The number of benzene rings is 1. The number of nitrogens with one attached hydrogen (secondary N) is 1. The maximum Gasteiger partial charge on any atom is 0.207 e. The second kappa shape index (κ2) is 7.52. The number of carbonyl (C=O) groups is 1. The molecule has 1 aromatic carbocycles. The minimum atomic E-state index is -0.0827. The van der Waals surface area contributed by atoms with Gasteiger partial charge >= 0.3 is 0 Å². The monoisotopic (exact) mass is 328 g/mol. The molecule has 0 radical (unpaired) electrons. The Balaban J connectivity index is 1.96. The first kappa shape index (κ1) is 18.7. The van der Waals surface area contributed by atoms with Gasteiger partial charge in [-0.15, -0.1) is 0 Å². The third-order valence-corrected chi connectivity index (χ3v) is 5.64. The van der Waals surface area contributed by atoms with Gasteiger partial charge in [-0.3, -0.25) is 4.79 Å². The summed E-state index contributed by atoms with van der Waals surface area (Å²) in [7, 11) is 0. The van der Waals surface area contributed by atoms with E-state index in [1.54, 1.807) is 0 Å². The van der Waals surface area contributed by atoms with Crippen molar-refractivity contribution in [3.05, 3.63) is 41.5 Å². The predicted molar refractivity (Wildman–Crippen MR) is 101 cm³/mol. The van der Waals surface area contributed by atoms with Gasteiger partial charge in [-0.05, 0) is 54.6 Å². The highest BCUT2D eigenvalue weighted by Crippen LogP contribution is 2.48. The van der Waals surface area contributed by atoms with Crippen LogP contribution in [0.5, 0.6) is 0 Å². The molecule has 2 rings (SSSR count). The molecule has 0 bridgehead atoms. The van der Waals surface area contributed by atoms with Crippen LogP contribution in [0.1, 0.15) is 58.9 Å². The molecule has 0 aliphatic heterocycles. The highest BCUT2D eigenvalue weighted by atomic mass is 16.1. The molecule has 3 heteroatoms. The highest BCUT2D eigenvalue weighted by Gasteiger charge is 2.35. The zero-order valence-corrected chi connectivity index (χ0v) is 15.6. The Bertz CT molecular complexity index is 591. The van der Waals surface area contributed by atoms with Crippen molar-refractivity contribution < 1.29 is 4.79 Å². The molecule has 0 saturated heterocycles. The number of allylic oxidation sites excluding steroid dienone is 2. The van der Waals surface area contributed by atoms with E-state index in [4.69, 9.17) is 5.73 Å². The van der Waals surface area contributed by atoms with Gasteiger partial charge in [0, 0.05) is 12.6 Å². The molecular formula is C21H32N2O. The van der Waals surface area contributed by atoms with Crippen LogP contribution in [0.25, 0.3) is 5.57 Å². The Kier molecular flexibility index (Phi) is 5.87. The number of hydrogen-bond acceptors (Lipinski definition) is 2. The summed E-state index contributed by atoms with van der Waals surface area (Å²) in [5.74, 6) is 0. The van der Waals surface area contributed by atoms with Gasteiger partial charge in [-0.25, -0.2) is 0 Å². The van der Waals surface area contributed by atoms with Gasteiger partial charge in [0.15, 0.2) is 0 Å². The van der Waals surface area contributed by atoms with Crippen molar-refractivity contribution >= 4 is 12.0 Å². The molecule has 2 unspecified atom stereocenters. The van der Waals surface area contributed by atoms with Crippen LogP contribution in [-0.2, 0) is 4.79 Å². The summed E-state index contributed by atoms with van der Waals surface area (Å²) in [4.78, 5) is 10.5. The van der Waals surface area contributed by atoms with Gasteiger partial charge in [-0.2, -0.15) is 0 Å². The van der Waals surface area contributed by atoms with Crippen LogP contribution in [0.4, 0.5) is 0 Å². The normalized spacial score (nSPS) is 22.5. The number of carbonyl (C=O) groups excluding carboxylic acids is 1. The maximum atomic E-state index is 10.5. The minimum Gasteiger partial charge on any atom is -0.358 e. The van der Waals surface area contributed by atoms with Gasteiger partial charge in [0.05, 0.1) is 0 Å². The second-order valence-corrected chi connectivity index (χ2v) is 8.42. The first-order valence-corrected chi connectivity index (χ1v) is 8.94. The van der Waals surface area contributed by atoms with Crippen LogP contribution in [0, 0.1) is 10.8 Å². The van der Waals surface area contributed by atoms with Crippen LogP contribution < -0.4 is 11.1 Å². The fourth-order valence-corrected chi connectivity index (χ4v) is 3.88. The molecule has 0 heterocycles. The van der Waals surface area contributed by atoms with E-state index in [2.05, 4.69) is 63.3 Å². The van der Waals surface area contributed by atoms with Crippen molar-refractivity contribution in [2.75, 3.05) is 6.54 Å². The molecule has 0 aromatic heterocycles. The molecule has 0 fully saturated rings. The van der Waals surface area contributed by atoms with E-state index in [9.17, 15) is 4.79 Å². The Morgan fingerprint density at radius 3 is 2.58 bits per heavy atom. The average molecular weight is 328 g/mol. The largest absolute Gasteiger partial charge is 0.358 e. The fraction of sp³-hybridized carbons (Fsp3) is 0.571. The smallest absolute Gasteiger partial charge is 0.207 e. The third kappa shape index (κ3) is 4.47. The summed E-state index contributed by atoms with van der Waals surface area (Å²) in [6.07, 6.45) is 5.14. The Morgan fingerprint density at radius 2 is 1.96 bits per heavy atom. The lowest BCUT2D eigenvalue weighted by molar-refractivity contribution is -0.110. The molecule has 1 aromatic rings. The van der Waals surface area contributed by atoms with Crippen molar-refractivity contribution in [3.63, 3.8) is 0 Å². The van der Waals surface area contributed by atoms with Gasteiger partial charge in [0.25, 0.3) is 0 Å². The van der Waals surface area contributed by atoms with Crippen molar-refractivity contribution in [2.24, 2.45) is 16.6 Å². The van der Waals surface area contributed by atoms with Crippen molar-refractivity contribution in [1.82, 2.24) is 5.32 Å². The summed E-state index contributed by atoms with van der Waals surface area (Å²) in [6, 6.07) is 10.8. The molecule has 2 atom stereocenters. The van der Waals surface area contributed by atoms with E-state index in [1.165, 1.54) is 16.7 Å². The van der Waals surface area contributed by atoms with E-state index in [1.807, 2.05) is 0 Å². The molecule has 0 saturated carbocycles. The topological polar surface area (TPSA) is 55.1 Å². The Labute approximate surface area is 146 Å². The molecule has 0 spiro atoms. The zero-order valence-electron chi connectivity index (χ0n) is 15.6. The first-order valence-electron chi connectivity index (χ1n) is 8.94. The third-order valence-electron chi connectivity index (χ3n) is 5.64. The lowest BCUT2D eigenvalue weighted by Crippen LogP contribution is -2.44. The van der Waals surface area contributed by atoms with Gasteiger partial charge in [0.1, 0.15) is 0 Å². The minimum absolute atomic E-state index is 0.0827. The summed E-state index contributed by atoms with van der Waals surface area (Å²) in [6.45, 7) is 9.54. The van der Waals surface area contributed by atoms with Crippen LogP contribution in [0.3, 0.4) is 0 Å². The van der Waals surface area contributed by atoms with E-state index in [-0.39, 0.29) is 11.5 Å². The van der Waals surface area contributed by atoms with Crippen LogP contribution in [0.2, 0.25) is 0 Å². The summed E-state index contributed by atoms with van der Waals surface area (Å²) in [5.41, 5.74) is 11.0. The van der Waals surface area contributed by atoms with Crippen LogP contribution >= 0.6 is 0 Å². The maximum absolute atomic E-state index is 10.5. The summed E-state index contributed by atoms with van der Waals surface area (Å²) >= 11 is 0. The van der Waals surface area contributed by atoms with E-state index in [0.717, 1.165) is 32.1 Å². The quantitative estimate of drug-likeness (QED) is 0.705. The number of hydrogen-bond donors (Lipinski definition) is 2. The predicted octanol–water partition coefficient (Wildman–Crippen LogP) is 4.14. The van der Waals surface area contributed by atoms with Crippen LogP contribution in [-0.4, -0.2) is 19.0 Å². The van der Waals surface area contributed by atoms with Gasteiger partial charge in [0.2, 0.25) is 6.41 Å². The summed E-state index contributed by atoms with van der Waals surface area (Å²) in [5, 5.41) is 2.77. The van der Waals surface area contributed by atoms with E-state index < -0.39 is 0 Å². The van der Waals surface area contributed by atoms with Crippen LogP contribution in [0.15, 0.2) is 35.9 Å². The molecule has 24 heavy (non-hydrogen) atoms. The lowest BCUT2D eigenvalue weighted by atomic mass is 9.75. The molecule has 3 N–H and O–H groups in total. The lowest BCUT2D eigenvalue weighted by Gasteiger charge is -2.34. The Morgan fingerprint density at radius 1 is 1.29 bits per heavy atom. The molecular weight excluding hydrogens is 296 g/mol. The number of amides is 1. The SMILES string of the molecule is CC1=C(c2ccccc2)CC(C)(CCC(N)C(C)(C)CNC=O)C1. The van der Waals surface area contributed by atoms with Crippen molar-refractivity contribution in [1.29, 1.82) is 0 Å². The average Bonchev–Trinajstić information content (AvgIpc) is 2.87. The molecule has 1 aliphatic carbocycles. The number of rotatable bonds is 8. The number of nitrogens with two attached hydrogens (primary N) is 1. The van der Waals surface area contributed by atoms with E-state index >= 15 is 0 Å². The molecule has 1 amide bonds. The first-order chi connectivity index (χ1) is 11.3. The van der Waals surface area contributed by atoms with Gasteiger partial charge in [-0.1, -0.05) is 56.7 Å². The second-order valence-electron chi connectivity index (χ2n) is 8.42. The Hall–Kier alpha value is -1.61. The standard InChI is InChI=1S/C21H32N2O/c1-16-12-21(4,13-18(16)17-8-6-5-7-9-17)11-10-19(22)20(2,3)14-23-15-24/h5-9,15,19H,10-14,22H2,1-4H3,(H,23,24).